The molecule has 0 aromatic heterocycles. The Morgan fingerprint density at radius 1 is 0.800 bits per heavy atom. The minimum atomic E-state index is -0.593. The maximum Gasteiger partial charge on any atom is 0.269 e. The van der Waals surface area contributed by atoms with Crippen molar-refractivity contribution in [3.05, 3.63) is 101 Å². The van der Waals surface area contributed by atoms with Gasteiger partial charge in [-0.15, -0.1) is 0 Å². The van der Waals surface area contributed by atoms with Crippen LogP contribution in [0.5, 0.6) is 11.5 Å². The first-order chi connectivity index (χ1) is 12.1. The number of carbonyl (C=O) groups is 1. The molecule has 3 aromatic carbocycles. The van der Waals surface area contributed by atoms with Crippen molar-refractivity contribution in [2.75, 3.05) is 0 Å². The number of carbonyl (C=O) groups excluding carboxylic acids is 1. The fourth-order valence-corrected chi connectivity index (χ4v) is 1.86. The molecule has 0 radical (unpaired) electrons. The van der Waals surface area contributed by atoms with Crippen molar-refractivity contribution in [1.29, 1.82) is 0 Å². The van der Waals surface area contributed by atoms with Crippen LogP contribution in [0.2, 0.25) is 0 Å². The lowest BCUT2D eigenvalue weighted by Crippen LogP contribution is -2.10. The van der Waals surface area contributed by atoms with Crippen LogP contribution in [0.1, 0.15) is 10.4 Å². The van der Waals surface area contributed by atoms with Gasteiger partial charge >= 0.3 is 0 Å². The predicted molar refractivity (Wildman–Crippen MR) is 94.6 cm³/mol. The summed E-state index contributed by atoms with van der Waals surface area (Å²) in [5, 5.41) is 10.2. The molecule has 126 valence electrons. The molecule has 1 amide bonds. The van der Waals surface area contributed by atoms with E-state index in [1.165, 1.54) is 24.3 Å². The lowest BCUT2D eigenvalue weighted by molar-refractivity contribution is -0.384. The highest BCUT2D eigenvalue weighted by atomic mass is 16.6. The number of primary amides is 1. The van der Waals surface area contributed by atoms with E-state index in [4.69, 9.17) is 10.5 Å². The summed E-state index contributed by atoms with van der Waals surface area (Å²) in [6.07, 6.45) is 0. The quantitative estimate of drug-likeness (QED) is 0.571. The number of nitro groups is 1. The smallest absolute Gasteiger partial charge is 0.269 e. The van der Waals surface area contributed by atoms with Crippen molar-refractivity contribution < 1.29 is 14.5 Å². The molecule has 0 aliphatic carbocycles. The zero-order valence-electron chi connectivity index (χ0n) is 13.2. The van der Waals surface area contributed by atoms with Gasteiger partial charge < -0.3 is 10.5 Å². The Kier molecular flexibility index (Phi) is 6.24. The molecule has 2 N–H and O–H groups in total. The maximum absolute atomic E-state index is 10.5. The Morgan fingerprint density at radius 3 is 1.60 bits per heavy atom. The average Bonchev–Trinajstić information content (AvgIpc) is 2.64. The molecular formula is C19H16N2O4. The number of benzene rings is 3. The zero-order valence-corrected chi connectivity index (χ0v) is 13.2. The molecule has 3 aromatic rings. The van der Waals surface area contributed by atoms with Crippen LogP contribution in [0.3, 0.4) is 0 Å². The van der Waals surface area contributed by atoms with Gasteiger partial charge in [0.25, 0.3) is 5.69 Å². The number of non-ortho nitro benzene ring substituents is 1. The van der Waals surface area contributed by atoms with E-state index in [0.717, 1.165) is 11.5 Å². The van der Waals surface area contributed by atoms with Crippen LogP contribution in [-0.2, 0) is 0 Å². The molecule has 25 heavy (non-hydrogen) atoms. The number of hydrogen-bond acceptors (Lipinski definition) is 4. The first-order valence-corrected chi connectivity index (χ1v) is 7.38. The first-order valence-electron chi connectivity index (χ1n) is 7.38. The van der Waals surface area contributed by atoms with Gasteiger partial charge in [-0.1, -0.05) is 36.4 Å². The normalized spacial score (nSPS) is 9.44. The van der Waals surface area contributed by atoms with Gasteiger partial charge in [-0.05, 0) is 36.4 Å². The SMILES string of the molecule is NC(=O)c1ccc([N+](=O)[O-])cc1.c1ccc(Oc2ccccc2)cc1. The molecule has 6 heteroatoms. The van der Waals surface area contributed by atoms with Gasteiger partial charge in [-0.2, -0.15) is 0 Å². The number of para-hydroxylation sites is 2. The molecule has 0 heterocycles. The minimum absolute atomic E-state index is 0.0556. The van der Waals surface area contributed by atoms with Crippen molar-refractivity contribution in [3.8, 4) is 11.5 Å². The number of rotatable bonds is 4. The first kappa shape index (κ1) is 17.7. The lowest BCUT2D eigenvalue weighted by atomic mass is 10.2. The number of amides is 1. The third kappa shape index (κ3) is 5.80. The predicted octanol–water partition coefficient (Wildman–Crippen LogP) is 4.17. The highest BCUT2D eigenvalue weighted by Crippen LogP contribution is 2.19. The lowest BCUT2D eigenvalue weighted by Gasteiger charge is -2.03. The van der Waals surface area contributed by atoms with Crippen LogP contribution in [0.4, 0.5) is 5.69 Å². The van der Waals surface area contributed by atoms with Crippen molar-refractivity contribution in [3.63, 3.8) is 0 Å². The number of ether oxygens (including phenoxy) is 1. The second-order valence-corrected chi connectivity index (χ2v) is 4.90. The van der Waals surface area contributed by atoms with Gasteiger partial charge in [-0.25, -0.2) is 0 Å². The third-order valence-corrected chi connectivity index (χ3v) is 3.08. The van der Waals surface area contributed by atoms with E-state index in [2.05, 4.69) is 0 Å². The van der Waals surface area contributed by atoms with Gasteiger partial charge in [0.05, 0.1) is 4.92 Å². The fraction of sp³-hybridized carbons (Fsp3) is 0. The van der Waals surface area contributed by atoms with Gasteiger partial charge in [0, 0.05) is 17.7 Å². The summed E-state index contributed by atoms with van der Waals surface area (Å²) in [5.74, 6) is 1.15. The van der Waals surface area contributed by atoms with Gasteiger partial charge in [0.2, 0.25) is 5.91 Å². The molecule has 0 fully saturated rings. The molecule has 0 atom stereocenters. The van der Waals surface area contributed by atoms with Crippen LogP contribution < -0.4 is 10.5 Å². The summed E-state index contributed by atoms with van der Waals surface area (Å²) in [4.78, 5) is 20.2. The molecular weight excluding hydrogens is 320 g/mol. The molecule has 0 aliphatic heterocycles. The number of nitrogens with zero attached hydrogens (tertiary/aromatic N) is 1. The Morgan fingerprint density at radius 2 is 1.24 bits per heavy atom. The number of nitrogens with two attached hydrogens (primary N) is 1. The largest absolute Gasteiger partial charge is 0.457 e. The van der Waals surface area contributed by atoms with E-state index >= 15 is 0 Å². The highest BCUT2D eigenvalue weighted by Gasteiger charge is 2.05. The molecule has 0 aliphatic rings. The Labute approximate surface area is 144 Å². The van der Waals surface area contributed by atoms with E-state index in [1.807, 2.05) is 60.7 Å². The summed E-state index contributed by atoms with van der Waals surface area (Å²) < 4.78 is 5.58. The monoisotopic (exact) mass is 336 g/mol. The Bertz CT molecular complexity index is 749. The molecule has 0 unspecified atom stereocenters. The minimum Gasteiger partial charge on any atom is -0.457 e. The van der Waals surface area contributed by atoms with Crippen molar-refractivity contribution >= 4 is 11.6 Å². The van der Waals surface area contributed by atoms with E-state index in [1.54, 1.807) is 0 Å². The summed E-state index contributed by atoms with van der Waals surface area (Å²) in [5.41, 5.74) is 5.14. The van der Waals surface area contributed by atoms with E-state index in [0.29, 0.717) is 0 Å². The second-order valence-electron chi connectivity index (χ2n) is 4.90. The van der Waals surface area contributed by atoms with Crippen LogP contribution in [0, 0.1) is 10.1 Å². The second kappa shape index (κ2) is 8.83. The van der Waals surface area contributed by atoms with Crippen LogP contribution in [0.25, 0.3) is 0 Å². The zero-order chi connectivity index (χ0) is 18.1. The highest BCUT2D eigenvalue weighted by molar-refractivity contribution is 5.92. The maximum atomic E-state index is 10.5. The Hall–Kier alpha value is -3.67. The van der Waals surface area contributed by atoms with Crippen molar-refractivity contribution in [1.82, 2.24) is 0 Å². The third-order valence-electron chi connectivity index (χ3n) is 3.08. The van der Waals surface area contributed by atoms with E-state index < -0.39 is 10.8 Å². The van der Waals surface area contributed by atoms with E-state index in [9.17, 15) is 14.9 Å². The summed E-state index contributed by atoms with van der Waals surface area (Å²) in [6.45, 7) is 0. The molecule has 0 bridgehead atoms. The molecule has 0 saturated carbocycles. The summed E-state index contributed by atoms with van der Waals surface area (Å²) in [6, 6.07) is 24.6. The number of hydrogen-bond donors (Lipinski definition) is 1. The Balaban J connectivity index is 0.000000181. The number of nitro benzene ring substituents is 1. The van der Waals surface area contributed by atoms with Crippen LogP contribution in [-0.4, -0.2) is 10.8 Å². The molecule has 0 saturated heterocycles. The van der Waals surface area contributed by atoms with Gasteiger partial charge in [-0.3, -0.25) is 14.9 Å². The summed E-state index contributed by atoms with van der Waals surface area (Å²) >= 11 is 0. The van der Waals surface area contributed by atoms with Crippen molar-refractivity contribution in [2.24, 2.45) is 5.73 Å². The van der Waals surface area contributed by atoms with Gasteiger partial charge in [0.1, 0.15) is 11.5 Å². The molecule has 0 spiro atoms. The topological polar surface area (TPSA) is 95.5 Å². The fourth-order valence-electron chi connectivity index (χ4n) is 1.86. The molecule has 6 nitrogen and oxygen atoms in total. The summed E-state index contributed by atoms with van der Waals surface area (Å²) in [7, 11) is 0. The standard InChI is InChI=1S/C12H10O.C7H6N2O3/c1-3-7-11(8-4-1)13-12-9-5-2-6-10-12;8-7(10)5-1-3-6(4-2-5)9(11)12/h1-10H;1-4H,(H2,8,10). The average molecular weight is 336 g/mol. The van der Waals surface area contributed by atoms with Crippen LogP contribution >= 0.6 is 0 Å². The van der Waals surface area contributed by atoms with E-state index in [-0.39, 0.29) is 11.3 Å². The van der Waals surface area contributed by atoms with Crippen molar-refractivity contribution in [2.45, 2.75) is 0 Å². The molecule has 3 rings (SSSR count). The van der Waals surface area contributed by atoms with Crippen LogP contribution in [0.15, 0.2) is 84.9 Å². The van der Waals surface area contributed by atoms with Gasteiger partial charge in [0.15, 0.2) is 0 Å².